The molecule has 1 atom stereocenters. The minimum absolute atomic E-state index is 0.551. The summed E-state index contributed by atoms with van der Waals surface area (Å²) >= 11 is 1.85. The van der Waals surface area contributed by atoms with Crippen LogP contribution in [0.15, 0.2) is 0 Å². The van der Waals surface area contributed by atoms with Crippen LogP contribution < -0.4 is 0 Å². The molecular formula is C3H6OS. The Hall–Kier alpha value is 0.310. The number of thioether (sulfide) groups is 1. The second-order valence-electron chi connectivity index (χ2n) is 0.999. The molecule has 1 fully saturated rings. The van der Waals surface area contributed by atoms with Crippen LogP contribution in [0.3, 0.4) is 0 Å². The molecule has 0 aliphatic carbocycles. The first kappa shape index (κ1) is 3.50. The second kappa shape index (κ2) is 1.19. The summed E-state index contributed by atoms with van der Waals surface area (Å²) < 4.78 is 4.82. The molecule has 0 aromatic rings. The van der Waals surface area contributed by atoms with Gasteiger partial charge in [0.05, 0.1) is 0 Å². The summed E-state index contributed by atoms with van der Waals surface area (Å²) in [5.41, 5.74) is 0.551. The van der Waals surface area contributed by atoms with Crippen LogP contribution in [0.4, 0.5) is 0 Å². The second-order valence-corrected chi connectivity index (χ2v) is 2.19. The van der Waals surface area contributed by atoms with Crippen molar-refractivity contribution in [3.63, 3.8) is 0 Å². The highest BCUT2D eigenvalue weighted by molar-refractivity contribution is 8.06. The van der Waals surface area contributed by atoms with Crippen LogP contribution >= 0.6 is 11.8 Å². The van der Waals surface area contributed by atoms with E-state index in [4.69, 9.17) is 4.74 Å². The van der Waals surface area contributed by atoms with Crippen LogP contribution in [0.2, 0.25) is 0 Å². The fourth-order valence-corrected chi connectivity index (χ4v) is 0.526. The third kappa shape index (κ3) is 0.816. The minimum atomic E-state index is 0.551. The zero-order valence-electron chi connectivity index (χ0n) is 3.10. The smallest absolute Gasteiger partial charge is 0.112 e. The maximum absolute atomic E-state index is 4.82. The van der Waals surface area contributed by atoms with E-state index in [1.165, 1.54) is 5.75 Å². The van der Waals surface area contributed by atoms with Crippen LogP contribution in [-0.4, -0.2) is 18.3 Å². The molecule has 0 radical (unpaired) electrons. The third-order valence-corrected chi connectivity index (χ3v) is 1.36. The van der Waals surface area contributed by atoms with Crippen molar-refractivity contribution >= 4 is 11.8 Å². The molecule has 2 heteroatoms. The standard InChI is InChI=1S/C3H6OS/c1-4-3-2-5-3/h3H,2H2,1H3. The highest BCUT2D eigenvalue weighted by Gasteiger charge is 2.20. The van der Waals surface area contributed by atoms with Crippen molar-refractivity contribution in [3.05, 3.63) is 0 Å². The lowest BCUT2D eigenvalue weighted by Crippen LogP contribution is -1.80. The molecule has 1 aliphatic rings. The van der Waals surface area contributed by atoms with Gasteiger partial charge in [0.2, 0.25) is 0 Å². The number of hydrogen-bond donors (Lipinski definition) is 0. The minimum Gasteiger partial charge on any atom is -0.370 e. The molecule has 1 aliphatic heterocycles. The van der Waals surface area contributed by atoms with Crippen molar-refractivity contribution in [2.45, 2.75) is 5.44 Å². The van der Waals surface area contributed by atoms with Gasteiger partial charge in [-0.15, -0.1) is 11.8 Å². The lowest BCUT2D eigenvalue weighted by molar-refractivity contribution is 0.210. The third-order valence-electron chi connectivity index (χ3n) is 0.566. The van der Waals surface area contributed by atoms with Crippen molar-refractivity contribution in [3.8, 4) is 0 Å². The molecule has 0 saturated carbocycles. The summed E-state index contributed by atoms with van der Waals surface area (Å²) in [5, 5.41) is 0. The molecule has 1 heterocycles. The molecule has 1 nitrogen and oxygen atoms in total. The maximum Gasteiger partial charge on any atom is 0.112 e. The molecule has 5 heavy (non-hydrogen) atoms. The van der Waals surface area contributed by atoms with E-state index in [0.29, 0.717) is 5.44 Å². The Labute approximate surface area is 35.7 Å². The first-order chi connectivity index (χ1) is 2.43. The van der Waals surface area contributed by atoms with E-state index in [9.17, 15) is 0 Å². The van der Waals surface area contributed by atoms with E-state index in [1.807, 2.05) is 11.8 Å². The quantitative estimate of drug-likeness (QED) is 0.438. The van der Waals surface area contributed by atoms with Crippen LogP contribution in [-0.2, 0) is 4.74 Å². The zero-order chi connectivity index (χ0) is 3.70. The summed E-state index contributed by atoms with van der Waals surface area (Å²) in [6.45, 7) is 0. The Morgan fingerprint density at radius 1 is 2.00 bits per heavy atom. The fraction of sp³-hybridized carbons (Fsp3) is 1.00. The van der Waals surface area contributed by atoms with Crippen molar-refractivity contribution in [2.75, 3.05) is 12.9 Å². The molecule has 0 aromatic heterocycles. The van der Waals surface area contributed by atoms with Gasteiger partial charge < -0.3 is 4.74 Å². The Balaban J connectivity index is 2.00. The van der Waals surface area contributed by atoms with Crippen LogP contribution in [0, 0.1) is 0 Å². The van der Waals surface area contributed by atoms with Gasteiger partial charge in [-0.05, 0) is 0 Å². The van der Waals surface area contributed by atoms with Crippen LogP contribution in [0.1, 0.15) is 0 Å². The van der Waals surface area contributed by atoms with E-state index in [2.05, 4.69) is 0 Å². The van der Waals surface area contributed by atoms with Gasteiger partial charge in [-0.3, -0.25) is 0 Å². The van der Waals surface area contributed by atoms with Gasteiger partial charge in [0, 0.05) is 12.9 Å². The predicted octanol–water partition coefficient (Wildman–Crippen LogP) is 0.706. The molecule has 0 N–H and O–H groups in total. The number of rotatable bonds is 1. The summed E-state index contributed by atoms with van der Waals surface area (Å²) in [7, 11) is 1.74. The van der Waals surface area contributed by atoms with E-state index >= 15 is 0 Å². The SMILES string of the molecule is COC1CS1. The first-order valence-electron chi connectivity index (χ1n) is 1.58. The molecule has 30 valence electrons. The predicted molar refractivity (Wildman–Crippen MR) is 23.3 cm³/mol. The zero-order valence-corrected chi connectivity index (χ0v) is 3.92. The molecule has 1 saturated heterocycles. The summed E-state index contributed by atoms with van der Waals surface area (Å²) in [6, 6.07) is 0. The van der Waals surface area contributed by atoms with Gasteiger partial charge in [-0.1, -0.05) is 0 Å². The Bertz CT molecular complexity index is 33.9. The normalized spacial score (nSPS) is 34.2. The number of ether oxygens (including phenoxy) is 1. The fourth-order valence-electron chi connectivity index (χ4n) is 0.175. The topological polar surface area (TPSA) is 9.23 Å². The number of methoxy groups -OCH3 is 1. The Morgan fingerprint density at radius 2 is 2.60 bits per heavy atom. The Morgan fingerprint density at radius 3 is 2.60 bits per heavy atom. The average molecular weight is 90.1 g/mol. The first-order valence-corrected chi connectivity index (χ1v) is 2.63. The monoisotopic (exact) mass is 90.0 g/mol. The van der Waals surface area contributed by atoms with E-state index in [1.54, 1.807) is 7.11 Å². The average Bonchev–Trinajstić information content (AvgIpc) is 2.12. The highest BCUT2D eigenvalue weighted by atomic mass is 32.2. The lowest BCUT2D eigenvalue weighted by atomic mass is 10.9. The van der Waals surface area contributed by atoms with Crippen molar-refractivity contribution < 1.29 is 4.74 Å². The molecule has 0 bridgehead atoms. The molecule has 1 rings (SSSR count). The molecule has 0 amide bonds. The largest absolute Gasteiger partial charge is 0.370 e. The van der Waals surface area contributed by atoms with Gasteiger partial charge >= 0.3 is 0 Å². The van der Waals surface area contributed by atoms with Crippen LogP contribution in [0.25, 0.3) is 0 Å². The van der Waals surface area contributed by atoms with Gasteiger partial charge in [-0.25, -0.2) is 0 Å². The lowest BCUT2D eigenvalue weighted by Gasteiger charge is -1.78. The Kier molecular flexibility index (Phi) is 0.830. The van der Waals surface area contributed by atoms with Gasteiger partial charge in [0.1, 0.15) is 5.44 Å². The van der Waals surface area contributed by atoms with Crippen molar-refractivity contribution in [1.82, 2.24) is 0 Å². The van der Waals surface area contributed by atoms with Gasteiger partial charge in [0.25, 0.3) is 0 Å². The van der Waals surface area contributed by atoms with E-state index < -0.39 is 0 Å². The molecule has 0 spiro atoms. The van der Waals surface area contributed by atoms with Crippen molar-refractivity contribution in [2.24, 2.45) is 0 Å². The molecular weight excluding hydrogens is 84.1 g/mol. The maximum atomic E-state index is 4.82. The summed E-state index contributed by atoms with van der Waals surface area (Å²) in [4.78, 5) is 0. The van der Waals surface area contributed by atoms with Gasteiger partial charge in [-0.2, -0.15) is 0 Å². The number of hydrogen-bond acceptors (Lipinski definition) is 2. The van der Waals surface area contributed by atoms with E-state index in [0.717, 1.165) is 0 Å². The summed E-state index contributed by atoms with van der Waals surface area (Å²) in [5.74, 6) is 1.20. The molecule has 0 aromatic carbocycles. The highest BCUT2D eigenvalue weighted by Crippen LogP contribution is 2.29. The molecule has 1 unspecified atom stereocenters. The summed E-state index contributed by atoms with van der Waals surface area (Å²) in [6.07, 6.45) is 0. The van der Waals surface area contributed by atoms with Crippen LogP contribution in [0.5, 0.6) is 0 Å². The van der Waals surface area contributed by atoms with Gasteiger partial charge in [0.15, 0.2) is 0 Å². The van der Waals surface area contributed by atoms with E-state index in [-0.39, 0.29) is 0 Å². The van der Waals surface area contributed by atoms with Crippen molar-refractivity contribution in [1.29, 1.82) is 0 Å².